The molecule has 0 atom stereocenters. The summed E-state index contributed by atoms with van der Waals surface area (Å²) in [5.74, 6) is 1.50. The highest BCUT2D eigenvalue weighted by Gasteiger charge is 2.21. The molecule has 1 aliphatic rings. The molecule has 0 unspecified atom stereocenters. The number of hydrogen-bond donors (Lipinski definition) is 2. The zero-order valence-corrected chi connectivity index (χ0v) is 11.8. The molecule has 1 heterocycles. The number of nitrogens with one attached hydrogen (secondary N) is 2. The zero-order valence-electron chi connectivity index (χ0n) is 11.8. The van der Waals surface area contributed by atoms with Crippen LogP contribution in [-0.4, -0.2) is 30.1 Å². The van der Waals surface area contributed by atoms with Crippen LogP contribution < -0.4 is 15.5 Å². The van der Waals surface area contributed by atoms with Crippen molar-refractivity contribution < 1.29 is 0 Å². The molecule has 0 bridgehead atoms. The Bertz CT molecular complexity index is 592. The van der Waals surface area contributed by atoms with Crippen LogP contribution in [0.5, 0.6) is 0 Å². The van der Waals surface area contributed by atoms with Crippen LogP contribution in [0.4, 0.5) is 23.1 Å². The highest BCUT2D eigenvalue weighted by molar-refractivity contribution is 5.62. The van der Waals surface area contributed by atoms with Crippen LogP contribution in [0.3, 0.4) is 0 Å². The second-order valence-electron chi connectivity index (χ2n) is 5.25. The lowest BCUT2D eigenvalue weighted by Gasteiger charge is -2.14. The van der Waals surface area contributed by atoms with Gasteiger partial charge in [-0.2, -0.15) is 4.98 Å². The first kappa shape index (κ1) is 12.7. The second kappa shape index (κ2) is 5.36. The molecule has 2 N–H and O–H groups in total. The molecule has 104 valence electrons. The summed E-state index contributed by atoms with van der Waals surface area (Å²) in [6, 6.07) is 10.7. The van der Waals surface area contributed by atoms with Crippen LogP contribution in [0.15, 0.2) is 36.5 Å². The van der Waals surface area contributed by atoms with Gasteiger partial charge in [0.25, 0.3) is 0 Å². The van der Waals surface area contributed by atoms with Gasteiger partial charge in [-0.3, -0.25) is 0 Å². The minimum atomic E-state index is 0.592. The van der Waals surface area contributed by atoms with Gasteiger partial charge in [0.15, 0.2) is 0 Å². The fourth-order valence-corrected chi connectivity index (χ4v) is 1.93. The summed E-state index contributed by atoms with van der Waals surface area (Å²) in [7, 11) is 4.05. The standard InChI is InChI=1S/C15H19N5/c1-20(2)13-5-3-4-12(10-13)18-15-16-9-8-14(19-15)17-11-6-7-11/h3-5,8-11H,6-7H2,1-2H3,(H2,16,17,18,19). The van der Waals surface area contributed by atoms with Crippen LogP contribution in [0, 0.1) is 0 Å². The summed E-state index contributed by atoms with van der Waals surface area (Å²) in [6.45, 7) is 0. The molecule has 0 spiro atoms. The maximum absolute atomic E-state index is 4.48. The van der Waals surface area contributed by atoms with E-state index in [0.717, 1.165) is 17.2 Å². The number of benzene rings is 1. The van der Waals surface area contributed by atoms with E-state index in [2.05, 4.69) is 37.6 Å². The van der Waals surface area contributed by atoms with Gasteiger partial charge < -0.3 is 15.5 Å². The predicted octanol–water partition coefficient (Wildman–Crippen LogP) is 2.86. The van der Waals surface area contributed by atoms with Gasteiger partial charge in [-0.25, -0.2) is 4.98 Å². The van der Waals surface area contributed by atoms with Crippen molar-refractivity contribution in [1.82, 2.24) is 9.97 Å². The third-order valence-corrected chi connectivity index (χ3v) is 3.20. The van der Waals surface area contributed by atoms with E-state index >= 15 is 0 Å². The first-order valence-electron chi connectivity index (χ1n) is 6.85. The highest BCUT2D eigenvalue weighted by atomic mass is 15.2. The molecular weight excluding hydrogens is 250 g/mol. The third-order valence-electron chi connectivity index (χ3n) is 3.20. The lowest BCUT2D eigenvalue weighted by Crippen LogP contribution is -2.09. The number of rotatable bonds is 5. The predicted molar refractivity (Wildman–Crippen MR) is 82.7 cm³/mol. The van der Waals surface area contributed by atoms with Crippen LogP contribution >= 0.6 is 0 Å². The Balaban J connectivity index is 1.74. The molecule has 0 saturated heterocycles. The molecule has 1 saturated carbocycles. The summed E-state index contributed by atoms with van der Waals surface area (Å²) < 4.78 is 0. The Kier molecular flexibility index (Phi) is 3.41. The van der Waals surface area contributed by atoms with E-state index < -0.39 is 0 Å². The van der Waals surface area contributed by atoms with Crippen LogP contribution in [0.25, 0.3) is 0 Å². The molecule has 1 aliphatic carbocycles. The third kappa shape index (κ3) is 3.17. The summed E-state index contributed by atoms with van der Waals surface area (Å²) in [5.41, 5.74) is 2.13. The van der Waals surface area contributed by atoms with Crippen LogP contribution in [0.1, 0.15) is 12.8 Å². The minimum Gasteiger partial charge on any atom is -0.378 e. The quantitative estimate of drug-likeness (QED) is 0.874. The fourth-order valence-electron chi connectivity index (χ4n) is 1.93. The van der Waals surface area contributed by atoms with E-state index in [9.17, 15) is 0 Å². The van der Waals surface area contributed by atoms with Crippen molar-refractivity contribution in [3.05, 3.63) is 36.5 Å². The van der Waals surface area contributed by atoms with Crippen molar-refractivity contribution in [2.45, 2.75) is 18.9 Å². The van der Waals surface area contributed by atoms with Gasteiger partial charge >= 0.3 is 0 Å². The summed E-state index contributed by atoms with van der Waals surface area (Å²) in [6.07, 6.45) is 4.24. The van der Waals surface area contributed by atoms with Crippen molar-refractivity contribution in [3.63, 3.8) is 0 Å². The molecule has 0 radical (unpaired) electrons. The topological polar surface area (TPSA) is 53.1 Å². The van der Waals surface area contributed by atoms with Crippen LogP contribution in [0.2, 0.25) is 0 Å². The normalized spacial score (nSPS) is 13.9. The number of nitrogens with zero attached hydrogens (tertiary/aromatic N) is 3. The van der Waals surface area contributed by atoms with E-state index in [1.807, 2.05) is 32.3 Å². The van der Waals surface area contributed by atoms with Gasteiger partial charge in [-0.05, 0) is 37.1 Å². The second-order valence-corrected chi connectivity index (χ2v) is 5.25. The fraction of sp³-hybridized carbons (Fsp3) is 0.333. The van der Waals surface area contributed by atoms with Crippen molar-refractivity contribution in [2.75, 3.05) is 29.6 Å². The van der Waals surface area contributed by atoms with Gasteiger partial charge in [-0.1, -0.05) is 6.07 Å². The Hall–Kier alpha value is -2.30. The van der Waals surface area contributed by atoms with Crippen molar-refractivity contribution in [1.29, 1.82) is 0 Å². The van der Waals surface area contributed by atoms with E-state index in [4.69, 9.17) is 0 Å². The molecule has 0 aliphatic heterocycles. The maximum Gasteiger partial charge on any atom is 0.229 e. The molecule has 5 heteroatoms. The summed E-state index contributed by atoms with van der Waals surface area (Å²) in [5, 5.41) is 6.62. The Morgan fingerprint density at radius 1 is 1.20 bits per heavy atom. The summed E-state index contributed by atoms with van der Waals surface area (Å²) >= 11 is 0. The van der Waals surface area contributed by atoms with Crippen LogP contribution in [-0.2, 0) is 0 Å². The molecule has 1 fully saturated rings. The molecule has 3 rings (SSSR count). The van der Waals surface area contributed by atoms with E-state index in [1.165, 1.54) is 12.8 Å². The largest absolute Gasteiger partial charge is 0.378 e. The van der Waals surface area contributed by atoms with Crippen molar-refractivity contribution >= 4 is 23.1 Å². The maximum atomic E-state index is 4.48. The number of hydrogen-bond acceptors (Lipinski definition) is 5. The molecule has 5 nitrogen and oxygen atoms in total. The molecule has 20 heavy (non-hydrogen) atoms. The van der Waals surface area contributed by atoms with E-state index in [-0.39, 0.29) is 0 Å². The Morgan fingerprint density at radius 3 is 2.80 bits per heavy atom. The van der Waals surface area contributed by atoms with Gasteiger partial charge in [0, 0.05) is 37.7 Å². The monoisotopic (exact) mass is 269 g/mol. The number of aromatic nitrogens is 2. The smallest absolute Gasteiger partial charge is 0.229 e. The number of anilines is 4. The Morgan fingerprint density at radius 2 is 2.05 bits per heavy atom. The SMILES string of the molecule is CN(C)c1cccc(Nc2nccc(NC3CC3)n2)c1. The van der Waals surface area contributed by atoms with E-state index in [0.29, 0.717) is 12.0 Å². The molecule has 1 aromatic carbocycles. The lowest BCUT2D eigenvalue weighted by atomic mass is 10.2. The van der Waals surface area contributed by atoms with E-state index in [1.54, 1.807) is 6.20 Å². The van der Waals surface area contributed by atoms with Gasteiger partial charge in [-0.15, -0.1) is 0 Å². The highest BCUT2D eigenvalue weighted by Crippen LogP contribution is 2.24. The van der Waals surface area contributed by atoms with Crippen molar-refractivity contribution in [3.8, 4) is 0 Å². The average molecular weight is 269 g/mol. The van der Waals surface area contributed by atoms with Gasteiger partial charge in [0.1, 0.15) is 5.82 Å². The lowest BCUT2D eigenvalue weighted by molar-refractivity contribution is 1.08. The minimum absolute atomic E-state index is 0.592. The first-order chi connectivity index (χ1) is 9.70. The molecule has 1 aromatic heterocycles. The van der Waals surface area contributed by atoms with Gasteiger partial charge in [0.2, 0.25) is 5.95 Å². The molecular formula is C15H19N5. The Labute approximate surface area is 119 Å². The molecule has 0 amide bonds. The molecule has 2 aromatic rings. The first-order valence-corrected chi connectivity index (χ1v) is 6.85. The van der Waals surface area contributed by atoms with Crippen molar-refractivity contribution in [2.24, 2.45) is 0 Å². The summed E-state index contributed by atoms with van der Waals surface area (Å²) in [4.78, 5) is 10.8. The zero-order chi connectivity index (χ0) is 13.9. The average Bonchev–Trinajstić information content (AvgIpc) is 3.23. The van der Waals surface area contributed by atoms with Gasteiger partial charge in [0.05, 0.1) is 0 Å².